The highest BCUT2D eigenvalue weighted by atomic mass is 79.9. The minimum Gasteiger partial charge on any atom is -0.481 e. The molecule has 0 aliphatic rings. The number of carbonyl (C=O) groups is 2. The summed E-state index contributed by atoms with van der Waals surface area (Å²) < 4.78 is 9.95. The number of pyridine rings is 1. The Labute approximate surface area is 106 Å². The summed E-state index contributed by atoms with van der Waals surface area (Å²) in [5.74, 6) is -1.45. The second-order valence-electron chi connectivity index (χ2n) is 2.90. The summed E-state index contributed by atoms with van der Waals surface area (Å²) in [7, 11) is 1.45. The van der Waals surface area contributed by atoms with E-state index in [0.717, 1.165) is 0 Å². The monoisotopic (exact) mass is 302 g/mol. The lowest BCUT2D eigenvalue weighted by Gasteiger charge is -2.06. The zero-order valence-corrected chi connectivity index (χ0v) is 10.9. The van der Waals surface area contributed by atoms with Crippen LogP contribution in [0.2, 0.25) is 0 Å². The smallest absolute Gasteiger partial charge is 0.397 e. The molecule has 0 bridgehead atoms. The molecule has 6 nitrogen and oxygen atoms in total. The maximum Gasteiger partial charge on any atom is 0.397 e. The van der Waals surface area contributed by atoms with Crippen LogP contribution in [0.1, 0.15) is 6.92 Å². The molecule has 0 unspecified atom stereocenters. The highest BCUT2D eigenvalue weighted by Gasteiger charge is 2.15. The van der Waals surface area contributed by atoms with Gasteiger partial charge in [0, 0.05) is 11.8 Å². The molecule has 0 saturated carbocycles. The highest BCUT2D eigenvalue weighted by Crippen LogP contribution is 2.20. The average Bonchev–Trinajstić information content (AvgIpc) is 2.28. The van der Waals surface area contributed by atoms with E-state index >= 15 is 0 Å². The second-order valence-corrected chi connectivity index (χ2v) is 3.71. The van der Waals surface area contributed by atoms with Gasteiger partial charge in [0.25, 0.3) is 0 Å². The largest absolute Gasteiger partial charge is 0.481 e. The van der Waals surface area contributed by atoms with Crippen molar-refractivity contribution in [1.29, 1.82) is 0 Å². The Hall–Kier alpha value is -1.63. The minimum absolute atomic E-state index is 0.148. The Morgan fingerprint density at radius 1 is 1.47 bits per heavy atom. The van der Waals surface area contributed by atoms with Crippen molar-refractivity contribution < 1.29 is 19.1 Å². The molecule has 0 radical (unpaired) electrons. The number of anilines is 1. The first kappa shape index (κ1) is 13.4. The third-order valence-electron chi connectivity index (χ3n) is 1.70. The average molecular weight is 303 g/mol. The number of nitrogens with one attached hydrogen (secondary N) is 1. The lowest BCUT2D eigenvalue weighted by atomic mass is 10.4. The van der Waals surface area contributed by atoms with Crippen LogP contribution < -0.4 is 10.1 Å². The van der Waals surface area contributed by atoms with Gasteiger partial charge in [0.05, 0.1) is 13.7 Å². The van der Waals surface area contributed by atoms with Crippen LogP contribution in [0.4, 0.5) is 5.69 Å². The SMILES string of the molecule is CCOC(=O)C(=O)Nc1cc(Br)nc(OC)c1. The summed E-state index contributed by atoms with van der Waals surface area (Å²) >= 11 is 3.15. The summed E-state index contributed by atoms with van der Waals surface area (Å²) in [6, 6.07) is 3.03. The molecule has 17 heavy (non-hydrogen) atoms. The zero-order chi connectivity index (χ0) is 12.8. The summed E-state index contributed by atoms with van der Waals surface area (Å²) in [6.07, 6.45) is 0. The maximum atomic E-state index is 11.4. The number of hydrogen-bond donors (Lipinski definition) is 1. The van der Waals surface area contributed by atoms with Crippen molar-refractivity contribution in [1.82, 2.24) is 4.98 Å². The number of halogens is 1. The molecule has 0 saturated heterocycles. The van der Waals surface area contributed by atoms with Crippen molar-refractivity contribution in [2.45, 2.75) is 6.92 Å². The molecule has 1 N–H and O–H groups in total. The van der Waals surface area contributed by atoms with Crippen LogP contribution in [0.3, 0.4) is 0 Å². The quantitative estimate of drug-likeness (QED) is 0.518. The van der Waals surface area contributed by atoms with Gasteiger partial charge in [-0.15, -0.1) is 0 Å². The summed E-state index contributed by atoms with van der Waals surface area (Å²) in [4.78, 5) is 26.4. The molecule has 92 valence electrons. The van der Waals surface area contributed by atoms with Crippen LogP contribution in [-0.2, 0) is 14.3 Å². The molecule has 0 atom stereocenters. The number of amides is 1. The molecule has 1 aromatic heterocycles. The summed E-state index contributed by atoms with van der Waals surface area (Å²) in [5.41, 5.74) is 0.391. The fraction of sp³-hybridized carbons (Fsp3) is 0.300. The highest BCUT2D eigenvalue weighted by molar-refractivity contribution is 9.10. The molecular formula is C10H11BrN2O4. The second kappa shape index (κ2) is 6.19. The lowest BCUT2D eigenvalue weighted by molar-refractivity contribution is -0.152. The van der Waals surface area contributed by atoms with Gasteiger partial charge in [-0.25, -0.2) is 9.78 Å². The maximum absolute atomic E-state index is 11.4. The molecule has 0 aliphatic carbocycles. The van der Waals surface area contributed by atoms with E-state index in [1.807, 2.05) is 0 Å². The van der Waals surface area contributed by atoms with Crippen molar-refractivity contribution in [2.24, 2.45) is 0 Å². The van der Waals surface area contributed by atoms with Crippen LogP contribution >= 0.6 is 15.9 Å². The minimum atomic E-state index is -0.931. The van der Waals surface area contributed by atoms with Gasteiger partial charge in [-0.2, -0.15) is 0 Å². The van der Waals surface area contributed by atoms with Crippen LogP contribution in [-0.4, -0.2) is 30.6 Å². The van der Waals surface area contributed by atoms with Gasteiger partial charge in [-0.05, 0) is 28.9 Å². The van der Waals surface area contributed by atoms with Gasteiger partial charge in [-0.3, -0.25) is 4.79 Å². The predicted octanol–water partition coefficient (Wildman–Crippen LogP) is 1.35. The first-order chi connectivity index (χ1) is 8.06. The van der Waals surface area contributed by atoms with Gasteiger partial charge in [0.1, 0.15) is 4.60 Å². The first-order valence-corrected chi connectivity index (χ1v) is 5.55. The molecule has 1 heterocycles. The number of nitrogens with zero attached hydrogens (tertiary/aromatic N) is 1. The third kappa shape index (κ3) is 4.03. The third-order valence-corrected chi connectivity index (χ3v) is 2.10. The zero-order valence-electron chi connectivity index (χ0n) is 9.32. The Morgan fingerprint density at radius 2 is 2.18 bits per heavy atom. The Kier molecular flexibility index (Phi) is 4.89. The van der Waals surface area contributed by atoms with E-state index in [1.54, 1.807) is 13.0 Å². The number of methoxy groups -OCH3 is 1. The van der Waals surface area contributed by atoms with E-state index in [2.05, 4.69) is 31.0 Å². The van der Waals surface area contributed by atoms with E-state index < -0.39 is 11.9 Å². The molecule has 0 aromatic carbocycles. The number of hydrogen-bond acceptors (Lipinski definition) is 5. The van der Waals surface area contributed by atoms with Crippen LogP contribution in [0, 0.1) is 0 Å². The Bertz CT molecular complexity index is 436. The van der Waals surface area contributed by atoms with Gasteiger partial charge >= 0.3 is 11.9 Å². The van der Waals surface area contributed by atoms with E-state index in [0.29, 0.717) is 16.2 Å². The molecular weight excluding hydrogens is 292 g/mol. The van der Waals surface area contributed by atoms with Crippen LogP contribution in [0.5, 0.6) is 5.88 Å². The fourth-order valence-corrected chi connectivity index (χ4v) is 1.45. The van der Waals surface area contributed by atoms with E-state index in [4.69, 9.17) is 4.74 Å². The van der Waals surface area contributed by atoms with Crippen molar-refractivity contribution >= 4 is 33.5 Å². The van der Waals surface area contributed by atoms with E-state index in [-0.39, 0.29) is 6.61 Å². The van der Waals surface area contributed by atoms with Crippen molar-refractivity contribution in [3.8, 4) is 5.88 Å². The number of aromatic nitrogens is 1. The lowest BCUT2D eigenvalue weighted by Crippen LogP contribution is -2.25. The normalized spacial score (nSPS) is 9.59. The molecule has 0 fully saturated rings. The molecule has 1 amide bonds. The molecule has 0 aliphatic heterocycles. The molecule has 0 spiro atoms. The Balaban J connectivity index is 2.77. The fourth-order valence-electron chi connectivity index (χ4n) is 1.03. The number of rotatable bonds is 3. The van der Waals surface area contributed by atoms with Crippen LogP contribution in [0.15, 0.2) is 16.7 Å². The van der Waals surface area contributed by atoms with Gasteiger partial charge in [0.2, 0.25) is 5.88 Å². The van der Waals surface area contributed by atoms with E-state index in [9.17, 15) is 9.59 Å². The topological polar surface area (TPSA) is 77.5 Å². The first-order valence-electron chi connectivity index (χ1n) is 4.76. The number of esters is 1. The van der Waals surface area contributed by atoms with Gasteiger partial charge < -0.3 is 14.8 Å². The van der Waals surface area contributed by atoms with Gasteiger partial charge in [0.15, 0.2) is 0 Å². The van der Waals surface area contributed by atoms with Crippen molar-refractivity contribution in [3.05, 3.63) is 16.7 Å². The van der Waals surface area contributed by atoms with Crippen LogP contribution in [0.25, 0.3) is 0 Å². The Morgan fingerprint density at radius 3 is 2.76 bits per heavy atom. The van der Waals surface area contributed by atoms with Crippen molar-refractivity contribution in [2.75, 3.05) is 19.0 Å². The van der Waals surface area contributed by atoms with E-state index in [1.165, 1.54) is 13.2 Å². The standard InChI is InChI=1S/C10H11BrN2O4/c1-3-17-10(15)9(14)12-6-4-7(11)13-8(5-6)16-2/h4-5H,3H2,1-2H3,(H,12,13,14). The molecule has 1 rings (SSSR count). The summed E-state index contributed by atoms with van der Waals surface area (Å²) in [6.45, 7) is 1.77. The van der Waals surface area contributed by atoms with Gasteiger partial charge in [-0.1, -0.05) is 0 Å². The molecule has 1 aromatic rings. The molecule has 7 heteroatoms. The summed E-state index contributed by atoms with van der Waals surface area (Å²) in [5, 5.41) is 2.38. The number of ether oxygens (including phenoxy) is 2. The number of carbonyl (C=O) groups excluding carboxylic acids is 2. The van der Waals surface area contributed by atoms with Crippen molar-refractivity contribution in [3.63, 3.8) is 0 Å². The predicted molar refractivity (Wildman–Crippen MR) is 63.8 cm³/mol.